The molecule has 1 aliphatic carbocycles. The van der Waals surface area contributed by atoms with E-state index in [0.717, 1.165) is 19.0 Å². The van der Waals surface area contributed by atoms with E-state index in [1.54, 1.807) is 0 Å². The molecule has 1 rings (SSSR count). The molecule has 1 saturated carbocycles. The van der Waals surface area contributed by atoms with Crippen LogP contribution in [0.5, 0.6) is 0 Å². The maximum absolute atomic E-state index is 5.73. The lowest BCUT2D eigenvalue weighted by Gasteiger charge is -2.07. The lowest BCUT2D eigenvalue weighted by Crippen LogP contribution is -2.34. The molecule has 0 spiro atoms. The Morgan fingerprint density at radius 2 is 2.14 bits per heavy atom. The molecule has 1 unspecified atom stereocenters. The summed E-state index contributed by atoms with van der Waals surface area (Å²) in [6.07, 6.45) is 1.30. The van der Waals surface area contributed by atoms with Gasteiger partial charge in [-0.2, -0.15) is 0 Å². The molecule has 0 aromatic rings. The summed E-state index contributed by atoms with van der Waals surface area (Å²) >= 11 is 0. The second kappa shape index (κ2) is 4.20. The van der Waals surface area contributed by atoms with E-state index in [1.807, 2.05) is 0 Å². The quantitative estimate of drug-likeness (QED) is 0.531. The zero-order valence-corrected chi connectivity index (χ0v) is 9.80. The molecule has 0 radical (unpaired) electrons. The third kappa shape index (κ3) is 3.56. The van der Waals surface area contributed by atoms with Crippen molar-refractivity contribution in [1.29, 1.82) is 0 Å². The average Bonchev–Trinajstić information content (AvgIpc) is 2.67. The predicted molar refractivity (Wildman–Crippen MR) is 61.2 cm³/mol. The first-order valence-corrected chi connectivity index (χ1v) is 5.45. The van der Waals surface area contributed by atoms with Gasteiger partial charge in [0.05, 0.1) is 0 Å². The van der Waals surface area contributed by atoms with Gasteiger partial charge in [0.2, 0.25) is 0 Å². The molecule has 3 nitrogen and oxygen atoms in total. The van der Waals surface area contributed by atoms with Gasteiger partial charge in [-0.15, -0.1) is 0 Å². The van der Waals surface area contributed by atoms with Gasteiger partial charge in [-0.25, -0.2) is 0 Å². The van der Waals surface area contributed by atoms with Crippen LogP contribution in [0, 0.1) is 17.3 Å². The van der Waals surface area contributed by atoms with Gasteiger partial charge in [0, 0.05) is 13.1 Å². The molecule has 0 saturated heterocycles. The zero-order valence-electron chi connectivity index (χ0n) is 9.80. The standard InChI is InChI=1S/C11H23N3/c1-8(2)6-13-10(12)14-7-9-5-11(9,3)4/h8-9H,5-7H2,1-4H3,(H3,12,13,14). The van der Waals surface area contributed by atoms with E-state index in [4.69, 9.17) is 5.73 Å². The Kier molecular flexibility index (Phi) is 3.40. The minimum absolute atomic E-state index is 0.519. The topological polar surface area (TPSA) is 50.4 Å². The van der Waals surface area contributed by atoms with E-state index >= 15 is 0 Å². The molecule has 0 bridgehead atoms. The highest BCUT2D eigenvalue weighted by Gasteiger charge is 2.44. The number of hydrogen-bond acceptors (Lipinski definition) is 1. The molecule has 3 N–H and O–H groups in total. The van der Waals surface area contributed by atoms with Gasteiger partial charge >= 0.3 is 0 Å². The minimum Gasteiger partial charge on any atom is -0.370 e. The van der Waals surface area contributed by atoms with Gasteiger partial charge in [0.25, 0.3) is 0 Å². The molecular formula is C11H23N3. The van der Waals surface area contributed by atoms with Crippen LogP contribution < -0.4 is 11.1 Å². The highest BCUT2D eigenvalue weighted by molar-refractivity contribution is 5.77. The van der Waals surface area contributed by atoms with Crippen LogP contribution in [0.15, 0.2) is 4.99 Å². The number of nitrogens with one attached hydrogen (secondary N) is 1. The molecule has 0 heterocycles. The predicted octanol–water partition coefficient (Wildman–Crippen LogP) is 1.59. The summed E-state index contributed by atoms with van der Waals surface area (Å²) in [5, 5.41) is 3.18. The second-order valence-electron chi connectivity index (χ2n) is 5.39. The van der Waals surface area contributed by atoms with Crippen molar-refractivity contribution >= 4 is 5.96 Å². The van der Waals surface area contributed by atoms with Crippen LogP contribution in [0.1, 0.15) is 34.1 Å². The third-order valence-electron chi connectivity index (χ3n) is 2.87. The van der Waals surface area contributed by atoms with Crippen molar-refractivity contribution in [1.82, 2.24) is 5.32 Å². The molecule has 0 amide bonds. The molecule has 0 aliphatic heterocycles. The number of hydrogen-bond donors (Lipinski definition) is 2. The fourth-order valence-corrected chi connectivity index (χ4v) is 1.49. The van der Waals surface area contributed by atoms with E-state index < -0.39 is 0 Å². The number of nitrogens with two attached hydrogens (primary N) is 1. The molecule has 1 aliphatic rings. The Labute approximate surface area is 87.2 Å². The summed E-state index contributed by atoms with van der Waals surface area (Å²) in [5.41, 5.74) is 6.24. The van der Waals surface area contributed by atoms with Crippen LogP contribution in [0.4, 0.5) is 0 Å². The van der Waals surface area contributed by atoms with Crippen molar-refractivity contribution in [3.8, 4) is 0 Å². The smallest absolute Gasteiger partial charge is 0.188 e. The van der Waals surface area contributed by atoms with Crippen molar-refractivity contribution in [2.24, 2.45) is 28.0 Å². The van der Waals surface area contributed by atoms with Crippen LogP contribution in [0.3, 0.4) is 0 Å². The van der Waals surface area contributed by atoms with Gasteiger partial charge in [-0.05, 0) is 23.7 Å². The molecule has 1 atom stereocenters. The largest absolute Gasteiger partial charge is 0.370 e. The summed E-state index contributed by atoms with van der Waals surface area (Å²) < 4.78 is 0. The first-order chi connectivity index (χ1) is 6.42. The van der Waals surface area contributed by atoms with Crippen molar-refractivity contribution in [3.05, 3.63) is 0 Å². The van der Waals surface area contributed by atoms with Crippen molar-refractivity contribution in [2.75, 3.05) is 13.1 Å². The normalized spacial score (nSPS) is 25.2. The zero-order chi connectivity index (χ0) is 10.8. The second-order valence-corrected chi connectivity index (χ2v) is 5.39. The van der Waals surface area contributed by atoms with Gasteiger partial charge in [0.15, 0.2) is 5.96 Å². The number of nitrogens with zero attached hydrogens (tertiary/aromatic N) is 1. The van der Waals surface area contributed by atoms with E-state index in [9.17, 15) is 0 Å². The Bertz CT molecular complexity index is 219. The summed E-state index contributed by atoms with van der Waals surface area (Å²) in [6, 6.07) is 0. The molecule has 14 heavy (non-hydrogen) atoms. The fraction of sp³-hybridized carbons (Fsp3) is 0.909. The van der Waals surface area contributed by atoms with Crippen LogP contribution in [0.25, 0.3) is 0 Å². The van der Waals surface area contributed by atoms with E-state index in [1.165, 1.54) is 6.42 Å². The Balaban J connectivity index is 2.15. The van der Waals surface area contributed by atoms with E-state index in [0.29, 0.717) is 17.3 Å². The van der Waals surface area contributed by atoms with E-state index in [-0.39, 0.29) is 0 Å². The third-order valence-corrected chi connectivity index (χ3v) is 2.87. The van der Waals surface area contributed by atoms with Gasteiger partial charge in [-0.1, -0.05) is 27.7 Å². The SMILES string of the molecule is CC(C)CN=C(N)NCC1CC1(C)C. The van der Waals surface area contributed by atoms with Crippen molar-refractivity contribution < 1.29 is 0 Å². The number of aliphatic imine (C=N–C) groups is 1. The monoisotopic (exact) mass is 197 g/mol. The summed E-state index contributed by atoms with van der Waals surface area (Å²) in [4.78, 5) is 4.25. The Morgan fingerprint density at radius 3 is 2.57 bits per heavy atom. The Hall–Kier alpha value is -0.730. The maximum atomic E-state index is 5.73. The number of guanidine groups is 1. The molecule has 1 fully saturated rings. The van der Waals surface area contributed by atoms with Crippen LogP contribution >= 0.6 is 0 Å². The number of rotatable bonds is 4. The fourth-order valence-electron chi connectivity index (χ4n) is 1.49. The highest BCUT2D eigenvalue weighted by atomic mass is 15.1. The average molecular weight is 197 g/mol. The van der Waals surface area contributed by atoms with Crippen molar-refractivity contribution in [2.45, 2.75) is 34.1 Å². The highest BCUT2D eigenvalue weighted by Crippen LogP contribution is 2.50. The van der Waals surface area contributed by atoms with Gasteiger partial charge in [-0.3, -0.25) is 4.99 Å². The van der Waals surface area contributed by atoms with Gasteiger partial charge in [0.1, 0.15) is 0 Å². The Morgan fingerprint density at radius 1 is 1.57 bits per heavy atom. The molecule has 0 aromatic heterocycles. The molecule has 3 heteroatoms. The first kappa shape index (κ1) is 11.3. The summed E-state index contributed by atoms with van der Waals surface area (Å²) in [6.45, 7) is 10.6. The minimum atomic E-state index is 0.519. The lowest BCUT2D eigenvalue weighted by atomic mass is 10.1. The summed E-state index contributed by atoms with van der Waals surface area (Å²) in [5.74, 6) is 1.95. The van der Waals surface area contributed by atoms with Crippen LogP contribution in [-0.4, -0.2) is 19.0 Å². The molecule has 82 valence electrons. The van der Waals surface area contributed by atoms with Crippen molar-refractivity contribution in [3.63, 3.8) is 0 Å². The summed E-state index contributed by atoms with van der Waals surface area (Å²) in [7, 11) is 0. The van der Waals surface area contributed by atoms with Crippen LogP contribution in [-0.2, 0) is 0 Å². The lowest BCUT2D eigenvalue weighted by molar-refractivity contribution is 0.550. The van der Waals surface area contributed by atoms with Crippen LogP contribution in [0.2, 0.25) is 0 Å². The van der Waals surface area contributed by atoms with E-state index in [2.05, 4.69) is 38.0 Å². The first-order valence-electron chi connectivity index (χ1n) is 5.45. The molecule has 0 aromatic carbocycles. The maximum Gasteiger partial charge on any atom is 0.188 e. The van der Waals surface area contributed by atoms with Gasteiger partial charge < -0.3 is 11.1 Å². The molecular weight excluding hydrogens is 174 g/mol.